The molecule has 0 fully saturated rings. The van der Waals surface area contributed by atoms with Gasteiger partial charge in [-0.25, -0.2) is 4.79 Å². The Labute approximate surface area is 94.3 Å². The third-order valence-electron chi connectivity index (χ3n) is 2.15. The lowest BCUT2D eigenvalue weighted by molar-refractivity contribution is -0.189. The molecule has 1 N–H and O–H groups in total. The lowest BCUT2D eigenvalue weighted by Gasteiger charge is -2.24. The number of carbonyl (C=O) groups excluding carboxylic acids is 2. The van der Waals surface area contributed by atoms with Gasteiger partial charge >= 0.3 is 18.0 Å². The maximum Gasteiger partial charge on any atom is 0.482 e. The van der Waals surface area contributed by atoms with Crippen molar-refractivity contribution in [2.24, 2.45) is 0 Å². The number of halogens is 2. The molecule has 1 amide bonds. The summed E-state index contributed by atoms with van der Waals surface area (Å²) in [5, 5.41) is 1.97. The van der Waals surface area contributed by atoms with Crippen LogP contribution in [-0.2, 0) is 9.53 Å². The summed E-state index contributed by atoms with van der Waals surface area (Å²) in [4.78, 5) is 22.0. The topological polar surface area (TPSA) is 64.6 Å². The van der Waals surface area contributed by atoms with Gasteiger partial charge in [-0.2, -0.15) is 8.78 Å². The van der Waals surface area contributed by atoms with Gasteiger partial charge in [0.25, 0.3) is 0 Å². The predicted molar refractivity (Wildman–Crippen MR) is 52.0 cm³/mol. The van der Waals surface area contributed by atoms with Gasteiger partial charge in [-0.05, 0) is 18.2 Å². The van der Waals surface area contributed by atoms with Crippen molar-refractivity contribution >= 4 is 17.6 Å². The second-order valence-corrected chi connectivity index (χ2v) is 3.28. The van der Waals surface area contributed by atoms with Crippen molar-refractivity contribution in [3.63, 3.8) is 0 Å². The lowest BCUT2D eigenvalue weighted by Crippen LogP contribution is -2.43. The molecule has 1 aromatic rings. The number of ether oxygens (including phenoxy) is 2. The van der Waals surface area contributed by atoms with Crippen molar-refractivity contribution in [1.29, 1.82) is 0 Å². The average Bonchev–Trinajstić information content (AvgIpc) is 2.28. The highest BCUT2D eigenvalue weighted by molar-refractivity contribution is 5.99. The lowest BCUT2D eigenvalue weighted by atomic mass is 10.1. The van der Waals surface area contributed by atoms with Crippen molar-refractivity contribution in [2.45, 2.75) is 6.11 Å². The first-order valence-corrected chi connectivity index (χ1v) is 4.54. The van der Waals surface area contributed by atoms with E-state index >= 15 is 0 Å². The maximum absolute atomic E-state index is 12.9. The minimum Gasteiger partial charge on any atom is -0.465 e. The largest absolute Gasteiger partial charge is 0.482 e. The van der Waals surface area contributed by atoms with E-state index in [1.54, 1.807) is 0 Å². The van der Waals surface area contributed by atoms with Crippen LogP contribution >= 0.6 is 0 Å². The van der Waals surface area contributed by atoms with Crippen LogP contribution in [0, 0.1) is 0 Å². The Balaban J connectivity index is 2.41. The van der Waals surface area contributed by atoms with Crippen molar-refractivity contribution in [1.82, 2.24) is 0 Å². The summed E-state index contributed by atoms with van der Waals surface area (Å²) in [6.07, 6.45) is -3.94. The van der Waals surface area contributed by atoms with E-state index in [1.807, 2.05) is 5.32 Å². The number of methoxy groups -OCH3 is 1. The molecule has 5 nitrogen and oxygen atoms in total. The number of benzene rings is 1. The molecule has 2 rings (SSSR count). The summed E-state index contributed by atoms with van der Waals surface area (Å²) in [6.45, 7) is 0. The van der Waals surface area contributed by atoms with Crippen LogP contribution in [0.5, 0.6) is 5.75 Å². The van der Waals surface area contributed by atoms with Crippen LogP contribution in [0.2, 0.25) is 0 Å². The molecule has 7 heteroatoms. The monoisotopic (exact) mass is 243 g/mol. The van der Waals surface area contributed by atoms with E-state index in [-0.39, 0.29) is 17.0 Å². The van der Waals surface area contributed by atoms with E-state index in [1.165, 1.54) is 19.2 Å². The van der Waals surface area contributed by atoms with Gasteiger partial charge in [0.1, 0.15) is 0 Å². The molecular weight excluding hydrogens is 236 g/mol. The zero-order valence-electron chi connectivity index (χ0n) is 8.62. The molecule has 0 aromatic heterocycles. The van der Waals surface area contributed by atoms with Gasteiger partial charge in [0, 0.05) is 0 Å². The average molecular weight is 243 g/mol. The van der Waals surface area contributed by atoms with Crippen LogP contribution in [0.4, 0.5) is 14.5 Å². The van der Waals surface area contributed by atoms with E-state index in [9.17, 15) is 18.4 Å². The summed E-state index contributed by atoms with van der Waals surface area (Å²) in [6, 6.07) is 3.70. The third kappa shape index (κ3) is 1.91. The Morgan fingerprint density at radius 3 is 2.82 bits per heavy atom. The van der Waals surface area contributed by atoms with Crippen LogP contribution in [0.15, 0.2) is 18.2 Å². The standard InChI is InChI=1S/C10H7F2NO4/c1-16-8(14)5-2-3-6-7(4-5)17-10(11,12)9(15)13-6/h2-4H,1H3,(H,13,15). The van der Waals surface area contributed by atoms with Crippen molar-refractivity contribution < 1.29 is 27.8 Å². The highest BCUT2D eigenvalue weighted by Crippen LogP contribution is 2.35. The minimum absolute atomic E-state index is 0.0539. The predicted octanol–water partition coefficient (Wildman–Crippen LogP) is 1.40. The van der Waals surface area contributed by atoms with Gasteiger partial charge in [0.05, 0.1) is 18.4 Å². The summed E-state index contributed by atoms with van der Waals surface area (Å²) in [5.41, 5.74) is 0.131. The van der Waals surface area contributed by atoms with Crippen molar-refractivity contribution in [3.8, 4) is 5.75 Å². The molecule has 0 saturated carbocycles. The second-order valence-electron chi connectivity index (χ2n) is 3.28. The maximum atomic E-state index is 12.9. The van der Waals surface area contributed by atoms with Gasteiger partial charge in [-0.15, -0.1) is 0 Å². The molecule has 0 unspecified atom stereocenters. The van der Waals surface area contributed by atoms with E-state index < -0.39 is 18.0 Å². The minimum atomic E-state index is -3.94. The van der Waals surface area contributed by atoms with E-state index in [2.05, 4.69) is 9.47 Å². The Morgan fingerprint density at radius 2 is 2.18 bits per heavy atom. The van der Waals surface area contributed by atoms with Gasteiger partial charge < -0.3 is 14.8 Å². The number of fused-ring (bicyclic) bond motifs is 1. The zero-order chi connectivity index (χ0) is 12.6. The van der Waals surface area contributed by atoms with Crippen LogP contribution in [0.1, 0.15) is 10.4 Å². The first-order chi connectivity index (χ1) is 7.94. The van der Waals surface area contributed by atoms with E-state index in [4.69, 9.17) is 0 Å². The molecule has 1 aromatic carbocycles. The van der Waals surface area contributed by atoms with Gasteiger partial charge in [0.15, 0.2) is 5.75 Å². The number of alkyl halides is 2. The van der Waals surface area contributed by atoms with Crippen LogP contribution in [-0.4, -0.2) is 25.1 Å². The fourth-order valence-electron chi connectivity index (χ4n) is 1.33. The highest BCUT2D eigenvalue weighted by atomic mass is 19.3. The number of carbonyl (C=O) groups is 2. The summed E-state index contributed by atoms with van der Waals surface area (Å²) >= 11 is 0. The fraction of sp³-hybridized carbons (Fsp3) is 0.200. The smallest absolute Gasteiger partial charge is 0.465 e. The molecule has 0 aliphatic carbocycles. The molecule has 0 bridgehead atoms. The Kier molecular flexibility index (Phi) is 2.45. The molecule has 1 aliphatic rings. The zero-order valence-corrected chi connectivity index (χ0v) is 8.62. The van der Waals surface area contributed by atoms with Crippen molar-refractivity contribution in [2.75, 3.05) is 12.4 Å². The molecule has 0 spiro atoms. The molecular formula is C10H7F2NO4. The Bertz CT molecular complexity index is 501. The summed E-state index contributed by atoms with van der Waals surface area (Å²) < 4.78 is 34.5. The third-order valence-corrected chi connectivity index (χ3v) is 2.15. The number of rotatable bonds is 1. The number of esters is 1. The van der Waals surface area contributed by atoms with Gasteiger partial charge in [-0.1, -0.05) is 0 Å². The Hall–Kier alpha value is -2.18. The molecule has 90 valence electrons. The number of amides is 1. The number of hydrogen-bond donors (Lipinski definition) is 1. The highest BCUT2D eigenvalue weighted by Gasteiger charge is 2.46. The second kappa shape index (κ2) is 3.69. The van der Waals surface area contributed by atoms with Crippen LogP contribution < -0.4 is 10.1 Å². The van der Waals surface area contributed by atoms with Crippen molar-refractivity contribution in [3.05, 3.63) is 23.8 Å². The number of nitrogens with one attached hydrogen (secondary N) is 1. The van der Waals surface area contributed by atoms with Crippen LogP contribution in [0.25, 0.3) is 0 Å². The number of anilines is 1. The molecule has 1 aliphatic heterocycles. The quantitative estimate of drug-likeness (QED) is 0.757. The van der Waals surface area contributed by atoms with Gasteiger partial charge in [0.2, 0.25) is 0 Å². The molecule has 0 atom stereocenters. The summed E-state index contributed by atoms with van der Waals surface area (Å²) in [7, 11) is 1.17. The van der Waals surface area contributed by atoms with E-state index in [0.29, 0.717) is 0 Å². The first-order valence-electron chi connectivity index (χ1n) is 4.54. The van der Waals surface area contributed by atoms with E-state index in [0.717, 1.165) is 6.07 Å². The fourth-order valence-corrected chi connectivity index (χ4v) is 1.33. The van der Waals surface area contributed by atoms with Gasteiger partial charge in [-0.3, -0.25) is 4.79 Å². The van der Waals surface area contributed by atoms with Crippen LogP contribution in [0.3, 0.4) is 0 Å². The number of hydrogen-bond acceptors (Lipinski definition) is 4. The molecule has 1 heterocycles. The normalized spacial score (nSPS) is 16.5. The molecule has 0 saturated heterocycles. The summed E-state index contributed by atoms with van der Waals surface area (Å²) in [5.74, 6) is -2.51. The molecule has 17 heavy (non-hydrogen) atoms. The SMILES string of the molecule is COC(=O)c1ccc2c(c1)OC(F)(F)C(=O)N2. The Morgan fingerprint density at radius 1 is 1.47 bits per heavy atom. The molecule has 0 radical (unpaired) electrons. The first kappa shape index (κ1) is 11.3.